The van der Waals surface area contributed by atoms with Crippen LogP contribution in [-0.4, -0.2) is 28.9 Å². The Bertz CT molecular complexity index is 974. The van der Waals surface area contributed by atoms with E-state index in [1.54, 1.807) is 10.9 Å². The summed E-state index contributed by atoms with van der Waals surface area (Å²) in [5.41, 5.74) is 2.01. The number of hydrogen-bond acceptors (Lipinski definition) is 6. The van der Waals surface area contributed by atoms with E-state index in [0.29, 0.717) is 17.6 Å². The zero-order valence-corrected chi connectivity index (χ0v) is 12.1. The second kappa shape index (κ2) is 5.15. The van der Waals surface area contributed by atoms with Gasteiger partial charge in [0.1, 0.15) is 11.7 Å². The molecule has 3 heterocycles. The quantitative estimate of drug-likeness (QED) is 0.573. The molecule has 0 radical (unpaired) electrons. The van der Waals surface area contributed by atoms with Gasteiger partial charge in [-0.05, 0) is 23.7 Å². The molecule has 8 heteroatoms. The van der Waals surface area contributed by atoms with E-state index in [-0.39, 0.29) is 5.56 Å². The lowest BCUT2D eigenvalue weighted by Gasteiger charge is -2.04. The molecule has 0 saturated carbocycles. The first-order valence-electron chi connectivity index (χ1n) is 6.57. The summed E-state index contributed by atoms with van der Waals surface area (Å²) in [6.45, 7) is 0.356. The van der Waals surface area contributed by atoms with Crippen molar-refractivity contribution in [3.8, 4) is 5.69 Å². The van der Waals surface area contributed by atoms with Crippen LogP contribution in [0.2, 0.25) is 0 Å². The van der Waals surface area contributed by atoms with Crippen molar-refractivity contribution in [3.63, 3.8) is 0 Å². The Morgan fingerprint density at radius 1 is 1.18 bits per heavy atom. The number of fused-ring (bicyclic) bond motifs is 1. The van der Waals surface area contributed by atoms with Gasteiger partial charge in [0.25, 0.3) is 5.56 Å². The van der Waals surface area contributed by atoms with Gasteiger partial charge < -0.3 is 0 Å². The largest absolute Gasteiger partial charge is 0.292 e. The highest BCUT2D eigenvalue weighted by Gasteiger charge is 2.11. The standard InChI is InChI=1S/C14H10N6OS/c21-14-12-6-16-20(11-4-2-1-3-5-11)13(12)15-9-19(14)7-10-8-22-18-17-10/h1-6,8-9H,7H2. The maximum Gasteiger partial charge on any atom is 0.264 e. The molecule has 7 nitrogen and oxygen atoms in total. The maximum atomic E-state index is 12.5. The molecule has 1 aromatic carbocycles. The zero-order valence-electron chi connectivity index (χ0n) is 11.3. The van der Waals surface area contributed by atoms with Crippen LogP contribution in [0.3, 0.4) is 0 Å². The second-order valence-electron chi connectivity index (χ2n) is 4.70. The third-order valence-electron chi connectivity index (χ3n) is 3.29. The summed E-state index contributed by atoms with van der Waals surface area (Å²) in [7, 11) is 0. The fraction of sp³-hybridized carbons (Fsp3) is 0.0714. The predicted octanol–water partition coefficient (Wildman–Crippen LogP) is 1.48. The number of para-hydroxylation sites is 1. The Morgan fingerprint density at radius 2 is 2.05 bits per heavy atom. The van der Waals surface area contributed by atoms with E-state index in [9.17, 15) is 4.79 Å². The number of rotatable bonds is 3. The highest BCUT2D eigenvalue weighted by molar-refractivity contribution is 7.03. The van der Waals surface area contributed by atoms with Crippen LogP contribution < -0.4 is 5.56 Å². The molecule has 0 bridgehead atoms. The molecule has 0 aliphatic carbocycles. The number of aromatic nitrogens is 6. The summed E-state index contributed by atoms with van der Waals surface area (Å²) in [6.07, 6.45) is 3.07. The lowest BCUT2D eigenvalue weighted by Crippen LogP contribution is -2.21. The highest BCUT2D eigenvalue weighted by Crippen LogP contribution is 2.13. The van der Waals surface area contributed by atoms with E-state index >= 15 is 0 Å². The Kier molecular flexibility index (Phi) is 3.01. The fourth-order valence-electron chi connectivity index (χ4n) is 2.25. The lowest BCUT2D eigenvalue weighted by atomic mass is 10.3. The first-order valence-corrected chi connectivity index (χ1v) is 7.41. The van der Waals surface area contributed by atoms with Crippen LogP contribution in [0.25, 0.3) is 16.7 Å². The van der Waals surface area contributed by atoms with Crippen molar-refractivity contribution in [2.24, 2.45) is 0 Å². The zero-order chi connectivity index (χ0) is 14.9. The van der Waals surface area contributed by atoms with Gasteiger partial charge in [0.15, 0.2) is 5.65 Å². The van der Waals surface area contributed by atoms with Crippen molar-refractivity contribution in [1.29, 1.82) is 0 Å². The molecule has 22 heavy (non-hydrogen) atoms. The highest BCUT2D eigenvalue weighted by atomic mass is 32.1. The van der Waals surface area contributed by atoms with Gasteiger partial charge in [0.2, 0.25) is 0 Å². The Balaban J connectivity index is 1.83. The molecule has 0 atom stereocenters. The molecule has 0 N–H and O–H groups in total. The Hall–Kier alpha value is -2.87. The maximum absolute atomic E-state index is 12.5. The average molecular weight is 310 g/mol. The van der Waals surface area contributed by atoms with Gasteiger partial charge in [-0.15, -0.1) is 5.10 Å². The van der Waals surface area contributed by atoms with Gasteiger partial charge >= 0.3 is 0 Å². The van der Waals surface area contributed by atoms with Crippen molar-refractivity contribution < 1.29 is 0 Å². The Morgan fingerprint density at radius 3 is 2.82 bits per heavy atom. The molecular weight excluding hydrogens is 300 g/mol. The monoisotopic (exact) mass is 310 g/mol. The first-order chi connectivity index (χ1) is 10.8. The molecule has 0 fully saturated rings. The van der Waals surface area contributed by atoms with Crippen LogP contribution in [-0.2, 0) is 6.54 Å². The molecule has 108 valence electrons. The first kappa shape index (κ1) is 12.8. The third-order valence-corrected chi connectivity index (χ3v) is 3.85. The molecular formula is C14H10N6OS. The third kappa shape index (κ3) is 2.09. The molecule has 0 amide bonds. The van der Waals surface area contributed by atoms with Crippen LogP contribution >= 0.6 is 11.5 Å². The van der Waals surface area contributed by atoms with Crippen LogP contribution in [0, 0.1) is 0 Å². The number of benzene rings is 1. The average Bonchev–Trinajstić information content (AvgIpc) is 3.21. The van der Waals surface area contributed by atoms with Crippen LogP contribution in [0.5, 0.6) is 0 Å². The van der Waals surface area contributed by atoms with Crippen LogP contribution in [0.1, 0.15) is 5.69 Å². The molecule has 0 unspecified atom stereocenters. The molecule has 4 rings (SSSR count). The summed E-state index contributed by atoms with van der Waals surface area (Å²) in [5.74, 6) is 0. The Labute approximate surface area is 128 Å². The second-order valence-corrected chi connectivity index (χ2v) is 5.31. The van der Waals surface area contributed by atoms with E-state index in [2.05, 4.69) is 19.7 Å². The number of nitrogens with zero attached hydrogens (tertiary/aromatic N) is 6. The van der Waals surface area contributed by atoms with Crippen molar-refractivity contribution >= 4 is 22.6 Å². The van der Waals surface area contributed by atoms with Crippen molar-refractivity contribution in [2.45, 2.75) is 6.54 Å². The van der Waals surface area contributed by atoms with E-state index in [1.807, 2.05) is 35.7 Å². The van der Waals surface area contributed by atoms with Gasteiger partial charge in [0.05, 0.1) is 24.1 Å². The van der Waals surface area contributed by atoms with Crippen molar-refractivity contribution in [2.75, 3.05) is 0 Å². The molecule has 0 aliphatic rings. The summed E-state index contributed by atoms with van der Waals surface area (Å²) in [5, 5.41) is 10.5. The molecule has 0 saturated heterocycles. The lowest BCUT2D eigenvalue weighted by molar-refractivity contribution is 0.724. The SMILES string of the molecule is O=c1c2cnn(-c3ccccc3)c2ncn1Cc1csnn1. The summed E-state index contributed by atoms with van der Waals surface area (Å²) in [6, 6.07) is 9.59. The molecule has 3 aromatic heterocycles. The summed E-state index contributed by atoms with van der Waals surface area (Å²) < 4.78 is 6.96. The van der Waals surface area contributed by atoms with E-state index in [0.717, 1.165) is 11.4 Å². The minimum atomic E-state index is -0.139. The topological polar surface area (TPSA) is 78.5 Å². The van der Waals surface area contributed by atoms with E-state index < -0.39 is 0 Å². The molecule has 4 aromatic rings. The molecule has 0 aliphatic heterocycles. The van der Waals surface area contributed by atoms with Gasteiger partial charge in [-0.2, -0.15) is 5.10 Å². The summed E-state index contributed by atoms with van der Waals surface area (Å²) >= 11 is 1.26. The van der Waals surface area contributed by atoms with Crippen molar-refractivity contribution in [1.82, 2.24) is 28.9 Å². The summed E-state index contributed by atoms with van der Waals surface area (Å²) in [4.78, 5) is 16.9. The predicted molar refractivity (Wildman–Crippen MR) is 82.1 cm³/mol. The van der Waals surface area contributed by atoms with Gasteiger partial charge in [0, 0.05) is 5.38 Å². The van der Waals surface area contributed by atoms with E-state index in [4.69, 9.17) is 0 Å². The van der Waals surface area contributed by atoms with Gasteiger partial charge in [-0.1, -0.05) is 22.7 Å². The van der Waals surface area contributed by atoms with Crippen LogP contribution in [0.4, 0.5) is 0 Å². The normalized spacial score (nSPS) is 11.1. The van der Waals surface area contributed by atoms with Gasteiger partial charge in [-0.3, -0.25) is 9.36 Å². The number of hydrogen-bond donors (Lipinski definition) is 0. The minimum Gasteiger partial charge on any atom is -0.292 e. The van der Waals surface area contributed by atoms with Crippen LogP contribution in [0.15, 0.2) is 53.0 Å². The smallest absolute Gasteiger partial charge is 0.264 e. The van der Waals surface area contributed by atoms with Gasteiger partial charge in [-0.25, -0.2) is 9.67 Å². The minimum absolute atomic E-state index is 0.139. The van der Waals surface area contributed by atoms with Crippen molar-refractivity contribution in [3.05, 3.63) is 64.3 Å². The van der Waals surface area contributed by atoms with E-state index in [1.165, 1.54) is 22.4 Å². The fourth-order valence-corrected chi connectivity index (χ4v) is 2.69. The molecule has 0 spiro atoms.